The Kier molecular flexibility index (Phi) is 3.48. The van der Waals surface area contributed by atoms with Gasteiger partial charge < -0.3 is 5.11 Å². The Labute approximate surface area is 77.8 Å². The molecule has 1 aromatic rings. The maximum Gasteiger partial charge on any atom is 0.119 e. The molecule has 0 fully saturated rings. The highest BCUT2D eigenvalue weighted by Crippen LogP contribution is 2.22. The van der Waals surface area contributed by atoms with Gasteiger partial charge in [0.15, 0.2) is 0 Å². The van der Waals surface area contributed by atoms with Gasteiger partial charge in [0.05, 0.1) is 0 Å². The Balaban J connectivity index is 2.75. The monoisotopic (exact) mass is 182 g/mol. The average molecular weight is 182 g/mol. The van der Waals surface area contributed by atoms with Crippen molar-refractivity contribution >= 4 is 11.8 Å². The zero-order chi connectivity index (χ0) is 8.97. The highest BCUT2D eigenvalue weighted by Gasteiger charge is 1.99. The number of thioether (sulfide) groups is 1. The van der Waals surface area contributed by atoms with Gasteiger partial charge in [-0.15, -0.1) is 0 Å². The van der Waals surface area contributed by atoms with Crippen LogP contribution in [0.15, 0.2) is 18.2 Å². The Bertz CT molecular complexity index is 258. The highest BCUT2D eigenvalue weighted by molar-refractivity contribution is 7.98. The number of benzene rings is 1. The van der Waals surface area contributed by atoms with Crippen molar-refractivity contribution in [3.8, 4) is 5.75 Å². The Morgan fingerprint density at radius 3 is 2.83 bits per heavy atom. The molecule has 0 bridgehead atoms. The van der Waals surface area contributed by atoms with Crippen LogP contribution in [0.1, 0.15) is 18.1 Å². The maximum absolute atomic E-state index is 9.45. The summed E-state index contributed by atoms with van der Waals surface area (Å²) in [6, 6.07) is 5.73. The van der Waals surface area contributed by atoms with E-state index in [9.17, 15) is 5.11 Å². The second-order valence-corrected chi connectivity index (χ2v) is 4.04. The molecule has 0 aromatic heterocycles. The molecule has 66 valence electrons. The van der Waals surface area contributed by atoms with Crippen LogP contribution < -0.4 is 0 Å². The summed E-state index contributed by atoms with van der Waals surface area (Å²) < 4.78 is 0. The maximum atomic E-state index is 9.45. The van der Waals surface area contributed by atoms with Gasteiger partial charge in [-0.2, -0.15) is 11.8 Å². The minimum atomic E-state index is 0.418. The molecule has 1 aromatic carbocycles. The van der Waals surface area contributed by atoms with E-state index in [0.29, 0.717) is 5.75 Å². The lowest BCUT2D eigenvalue weighted by Gasteiger charge is -2.03. The molecule has 1 rings (SSSR count). The van der Waals surface area contributed by atoms with Gasteiger partial charge in [0.1, 0.15) is 5.75 Å². The summed E-state index contributed by atoms with van der Waals surface area (Å²) in [6.07, 6.45) is 0. The number of aryl methyl sites for hydroxylation is 1. The normalized spacial score (nSPS) is 10.2. The molecule has 2 heteroatoms. The van der Waals surface area contributed by atoms with Crippen LogP contribution in [0, 0.1) is 6.92 Å². The second-order valence-electron chi connectivity index (χ2n) is 2.77. The van der Waals surface area contributed by atoms with Crippen molar-refractivity contribution in [2.45, 2.75) is 19.6 Å². The van der Waals surface area contributed by atoms with E-state index >= 15 is 0 Å². The summed E-state index contributed by atoms with van der Waals surface area (Å²) >= 11 is 1.82. The number of phenolic OH excluding ortho intramolecular Hbond substituents is 1. The van der Waals surface area contributed by atoms with Crippen LogP contribution in [0.2, 0.25) is 0 Å². The number of phenols is 1. The second kappa shape index (κ2) is 4.41. The molecule has 1 N–H and O–H groups in total. The van der Waals surface area contributed by atoms with Crippen molar-refractivity contribution in [2.24, 2.45) is 0 Å². The summed E-state index contributed by atoms with van der Waals surface area (Å²) in [4.78, 5) is 0. The standard InChI is InChI=1S/C10H14OS/c1-3-12-7-9-6-8(2)4-5-10(9)11/h4-6,11H,3,7H2,1-2H3. The summed E-state index contributed by atoms with van der Waals surface area (Å²) in [5.41, 5.74) is 2.25. The van der Waals surface area contributed by atoms with E-state index in [2.05, 4.69) is 6.92 Å². The van der Waals surface area contributed by atoms with Crippen LogP contribution in [-0.4, -0.2) is 10.9 Å². The van der Waals surface area contributed by atoms with E-state index in [4.69, 9.17) is 0 Å². The summed E-state index contributed by atoms with van der Waals surface area (Å²) in [7, 11) is 0. The Morgan fingerprint density at radius 1 is 1.42 bits per heavy atom. The largest absolute Gasteiger partial charge is 0.508 e. The molecule has 0 radical (unpaired) electrons. The molecule has 0 aliphatic carbocycles. The fraction of sp³-hybridized carbons (Fsp3) is 0.400. The Hall–Kier alpha value is -0.630. The SMILES string of the molecule is CCSCc1cc(C)ccc1O. The molecule has 0 heterocycles. The zero-order valence-corrected chi connectivity index (χ0v) is 8.32. The van der Waals surface area contributed by atoms with Gasteiger partial charge in [0.2, 0.25) is 0 Å². The molecule has 1 nitrogen and oxygen atoms in total. The third-order valence-electron chi connectivity index (χ3n) is 1.70. The minimum Gasteiger partial charge on any atom is -0.508 e. The van der Waals surface area contributed by atoms with E-state index in [1.165, 1.54) is 5.56 Å². The first-order valence-electron chi connectivity index (χ1n) is 4.10. The summed E-state index contributed by atoms with van der Waals surface area (Å²) in [5.74, 6) is 2.42. The van der Waals surface area contributed by atoms with Gasteiger partial charge in [0.25, 0.3) is 0 Å². The van der Waals surface area contributed by atoms with E-state index in [0.717, 1.165) is 17.1 Å². The van der Waals surface area contributed by atoms with Crippen LogP contribution in [-0.2, 0) is 5.75 Å². The fourth-order valence-electron chi connectivity index (χ4n) is 1.04. The number of rotatable bonds is 3. The lowest BCUT2D eigenvalue weighted by atomic mass is 10.1. The smallest absolute Gasteiger partial charge is 0.119 e. The first kappa shape index (κ1) is 9.46. The van der Waals surface area contributed by atoms with E-state index < -0.39 is 0 Å². The third-order valence-corrected chi connectivity index (χ3v) is 2.62. The molecule has 0 aliphatic heterocycles. The van der Waals surface area contributed by atoms with Crippen LogP contribution in [0.25, 0.3) is 0 Å². The van der Waals surface area contributed by atoms with Gasteiger partial charge in [-0.05, 0) is 18.7 Å². The lowest BCUT2D eigenvalue weighted by Crippen LogP contribution is -1.83. The van der Waals surface area contributed by atoms with Crippen LogP contribution in [0.5, 0.6) is 5.75 Å². The van der Waals surface area contributed by atoms with E-state index in [-0.39, 0.29) is 0 Å². The van der Waals surface area contributed by atoms with Crippen LogP contribution in [0.3, 0.4) is 0 Å². The van der Waals surface area contributed by atoms with Crippen LogP contribution >= 0.6 is 11.8 Å². The average Bonchev–Trinajstić information content (AvgIpc) is 2.07. The fourth-order valence-corrected chi connectivity index (χ4v) is 1.70. The van der Waals surface area contributed by atoms with Gasteiger partial charge in [-0.25, -0.2) is 0 Å². The van der Waals surface area contributed by atoms with Crippen LogP contribution in [0.4, 0.5) is 0 Å². The molecule has 0 atom stereocenters. The predicted octanol–water partition coefficient (Wildman–Crippen LogP) is 2.95. The molecular weight excluding hydrogens is 168 g/mol. The van der Waals surface area contributed by atoms with Crippen molar-refractivity contribution in [1.82, 2.24) is 0 Å². The Morgan fingerprint density at radius 2 is 2.17 bits per heavy atom. The number of hydrogen-bond donors (Lipinski definition) is 1. The molecule has 0 saturated carbocycles. The van der Waals surface area contributed by atoms with Gasteiger partial charge in [-0.3, -0.25) is 0 Å². The van der Waals surface area contributed by atoms with Crippen molar-refractivity contribution in [1.29, 1.82) is 0 Å². The number of aromatic hydroxyl groups is 1. The number of hydrogen-bond acceptors (Lipinski definition) is 2. The van der Waals surface area contributed by atoms with Gasteiger partial charge in [0, 0.05) is 11.3 Å². The van der Waals surface area contributed by atoms with E-state index in [1.807, 2.05) is 30.8 Å². The zero-order valence-electron chi connectivity index (χ0n) is 7.50. The molecule has 12 heavy (non-hydrogen) atoms. The quantitative estimate of drug-likeness (QED) is 0.775. The summed E-state index contributed by atoms with van der Waals surface area (Å²) in [5, 5.41) is 9.45. The van der Waals surface area contributed by atoms with Crippen molar-refractivity contribution < 1.29 is 5.11 Å². The first-order chi connectivity index (χ1) is 5.74. The molecule has 0 unspecified atom stereocenters. The molecule has 0 spiro atoms. The highest BCUT2D eigenvalue weighted by atomic mass is 32.2. The molecule has 0 aliphatic rings. The van der Waals surface area contributed by atoms with Gasteiger partial charge in [-0.1, -0.05) is 24.6 Å². The van der Waals surface area contributed by atoms with Crippen molar-refractivity contribution in [3.05, 3.63) is 29.3 Å². The molecule has 0 amide bonds. The minimum absolute atomic E-state index is 0.418. The predicted molar refractivity (Wildman–Crippen MR) is 54.7 cm³/mol. The van der Waals surface area contributed by atoms with Gasteiger partial charge >= 0.3 is 0 Å². The molecular formula is C10H14OS. The summed E-state index contributed by atoms with van der Waals surface area (Å²) in [6.45, 7) is 4.16. The van der Waals surface area contributed by atoms with E-state index in [1.54, 1.807) is 6.07 Å². The van der Waals surface area contributed by atoms with Crippen molar-refractivity contribution in [2.75, 3.05) is 5.75 Å². The molecule has 0 saturated heterocycles. The lowest BCUT2D eigenvalue weighted by molar-refractivity contribution is 0.470. The van der Waals surface area contributed by atoms with Crippen molar-refractivity contribution in [3.63, 3.8) is 0 Å². The third kappa shape index (κ3) is 2.45. The first-order valence-corrected chi connectivity index (χ1v) is 5.25. The topological polar surface area (TPSA) is 20.2 Å².